The largest absolute Gasteiger partial charge is 0.351 e. The van der Waals surface area contributed by atoms with Crippen molar-refractivity contribution in [3.8, 4) is 5.69 Å². The highest BCUT2D eigenvalue weighted by Gasteiger charge is 2.22. The predicted octanol–water partition coefficient (Wildman–Crippen LogP) is 2.32. The van der Waals surface area contributed by atoms with Gasteiger partial charge in [-0.1, -0.05) is 18.2 Å². The first-order valence-electron chi connectivity index (χ1n) is 9.85. The summed E-state index contributed by atoms with van der Waals surface area (Å²) in [7, 11) is 0. The molecule has 0 saturated carbocycles. The second kappa shape index (κ2) is 8.79. The molecule has 0 spiro atoms. The zero-order chi connectivity index (χ0) is 20.9. The van der Waals surface area contributed by atoms with E-state index in [0.29, 0.717) is 24.3 Å². The number of anilines is 1. The lowest BCUT2D eigenvalue weighted by Crippen LogP contribution is -2.48. The second-order valence-corrected chi connectivity index (χ2v) is 7.26. The number of amides is 3. The molecule has 1 saturated heterocycles. The standard InChI is InChI=1S/C22H24N6O2/c23-22(30)25-19-8-6-18(7-9-19)21(29)27-12-10-26(11-13-27)15-17-14-24-28(16-17)20-4-2-1-3-5-20/h1-9,14,16H,10-13,15H2,(H3,23,25,30). The number of hydrogen-bond acceptors (Lipinski definition) is 4. The molecule has 3 amide bonds. The van der Waals surface area contributed by atoms with Crippen LogP contribution in [0.4, 0.5) is 10.5 Å². The van der Waals surface area contributed by atoms with Gasteiger partial charge < -0.3 is 16.0 Å². The van der Waals surface area contributed by atoms with Gasteiger partial charge in [-0.05, 0) is 36.4 Å². The summed E-state index contributed by atoms with van der Waals surface area (Å²) in [4.78, 5) is 27.8. The first-order valence-corrected chi connectivity index (χ1v) is 9.85. The van der Waals surface area contributed by atoms with Crippen molar-refractivity contribution in [2.75, 3.05) is 31.5 Å². The molecule has 0 unspecified atom stereocenters. The lowest BCUT2D eigenvalue weighted by atomic mass is 10.1. The highest BCUT2D eigenvalue weighted by atomic mass is 16.2. The molecule has 0 atom stereocenters. The van der Waals surface area contributed by atoms with Crippen molar-refractivity contribution in [3.05, 3.63) is 78.1 Å². The van der Waals surface area contributed by atoms with Gasteiger partial charge in [-0.3, -0.25) is 9.69 Å². The van der Waals surface area contributed by atoms with Crippen LogP contribution in [0.5, 0.6) is 0 Å². The number of nitrogens with two attached hydrogens (primary N) is 1. The van der Waals surface area contributed by atoms with Gasteiger partial charge in [-0.15, -0.1) is 0 Å². The summed E-state index contributed by atoms with van der Waals surface area (Å²) in [6, 6.07) is 16.2. The molecule has 3 N–H and O–H groups in total. The van der Waals surface area contributed by atoms with Crippen molar-refractivity contribution in [2.45, 2.75) is 6.54 Å². The molecule has 1 aliphatic heterocycles. The summed E-state index contributed by atoms with van der Waals surface area (Å²) >= 11 is 0. The Morgan fingerprint density at radius 2 is 1.67 bits per heavy atom. The van der Waals surface area contributed by atoms with Gasteiger partial charge in [-0.2, -0.15) is 5.10 Å². The van der Waals surface area contributed by atoms with Crippen LogP contribution in [0.15, 0.2) is 67.0 Å². The third kappa shape index (κ3) is 4.66. The Morgan fingerprint density at radius 1 is 0.967 bits per heavy atom. The molecule has 0 bridgehead atoms. The van der Waals surface area contributed by atoms with E-state index in [1.54, 1.807) is 24.3 Å². The molecule has 8 nitrogen and oxygen atoms in total. The Balaban J connectivity index is 1.30. The van der Waals surface area contributed by atoms with E-state index >= 15 is 0 Å². The summed E-state index contributed by atoms with van der Waals surface area (Å²) in [6.07, 6.45) is 3.95. The third-order valence-corrected chi connectivity index (χ3v) is 5.12. The van der Waals surface area contributed by atoms with Crippen LogP contribution in [0.2, 0.25) is 0 Å². The highest BCUT2D eigenvalue weighted by molar-refractivity contribution is 5.95. The maximum Gasteiger partial charge on any atom is 0.316 e. The molecule has 0 radical (unpaired) electrons. The number of carbonyl (C=O) groups is 2. The van der Waals surface area contributed by atoms with E-state index in [2.05, 4.69) is 21.5 Å². The van der Waals surface area contributed by atoms with Crippen molar-refractivity contribution >= 4 is 17.6 Å². The topological polar surface area (TPSA) is 96.5 Å². The minimum absolute atomic E-state index is 0.00262. The fraction of sp³-hybridized carbons (Fsp3) is 0.227. The molecule has 1 fully saturated rings. The molecule has 1 aliphatic rings. The molecule has 4 rings (SSSR count). The number of nitrogens with zero attached hydrogens (tertiary/aromatic N) is 4. The number of nitrogens with one attached hydrogen (secondary N) is 1. The van der Waals surface area contributed by atoms with E-state index in [1.165, 1.54) is 0 Å². The molecule has 3 aromatic rings. The number of rotatable bonds is 5. The Hall–Kier alpha value is -3.65. The van der Waals surface area contributed by atoms with E-state index in [0.717, 1.165) is 30.9 Å². The SMILES string of the molecule is NC(=O)Nc1ccc(C(=O)N2CCN(Cc3cnn(-c4ccccc4)c3)CC2)cc1. The lowest BCUT2D eigenvalue weighted by Gasteiger charge is -2.34. The number of carbonyl (C=O) groups excluding carboxylic acids is 2. The van der Waals surface area contributed by atoms with Gasteiger partial charge in [0.1, 0.15) is 0 Å². The van der Waals surface area contributed by atoms with Crippen LogP contribution in [-0.2, 0) is 6.54 Å². The second-order valence-electron chi connectivity index (χ2n) is 7.26. The number of piperazine rings is 1. The van der Waals surface area contributed by atoms with Crippen molar-refractivity contribution < 1.29 is 9.59 Å². The Bertz CT molecular complexity index is 1010. The van der Waals surface area contributed by atoms with Gasteiger partial charge in [0.05, 0.1) is 11.9 Å². The monoisotopic (exact) mass is 404 g/mol. The minimum Gasteiger partial charge on any atom is -0.351 e. The van der Waals surface area contributed by atoms with Crippen molar-refractivity contribution in [2.24, 2.45) is 5.73 Å². The number of para-hydroxylation sites is 1. The van der Waals surface area contributed by atoms with Gasteiger partial charge in [0.15, 0.2) is 0 Å². The predicted molar refractivity (Wildman–Crippen MR) is 114 cm³/mol. The fourth-order valence-electron chi connectivity index (χ4n) is 3.55. The van der Waals surface area contributed by atoms with Crippen LogP contribution in [0, 0.1) is 0 Å². The van der Waals surface area contributed by atoms with Crippen LogP contribution in [0.25, 0.3) is 5.69 Å². The van der Waals surface area contributed by atoms with E-state index in [4.69, 9.17) is 5.73 Å². The van der Waals surface area contributed by atoms with Crippen molar-refractivity contribution in [1.82, 2.24) is 19.6 Å². The van der Waals surface area contributed by atoms with Gasteiger partial charge >= 0.3 is 6.03 Å². The zero-order valence-corrected chi connectivity index (χ0v) is 16.6. The third-order valence-electron chi connectivity index (χ3n) is 5.12. The van der Waals surface area contributed by atoms with E-state index in [9.17, 15) is 9.59 Å². The van der Waals surface area contributed by atoms with Crippen molar-refractivity contribution in [3.63, 3.8) is 0 Å². The number of benzene rings is 2. The fourth-order valence-corrected chi connectivity index (χ4v) is 3.55. The molecule has 2 heterocycles. The summed E-state index contributed by atoms with van der Waals surface area (Å²) in [5, 5.41) is 6.94. The summed E-state index contributed by atoms with van der Waals surface area (Å²) in [6.45, 7) is 3.77. The molecule has 2 aromatic carbocycles. The van der Waals surface area contributed by atoms with Gasteiger partial charge in [0.2, 0.25) is 0 Å². The average Bonchev–Trinajstić information content (AvgIpc) is 3.23. The Morgan fingerprint density at radius 3 is 2.33 bits per heavy atom. The van der Waals surface area contributed by atoms with Crippen LogP contribution in [0.1, 0.15) is 15.9 Å². The van der Waals surface area contributed by atoms with Crippen LogP contribution < -0.4 is 11.1 Å². The summed E-state index contributed by atoms with van der Waals surface area (Å²) < 4.78 is 1.88. The van der Waals surface area contributed by atoms with Gasteiger partial charge in [0.25, 0.3) is 5.91 Å². The van der Waals surface area contributed by atoms with Gasteiger partial charge in [0, 0.05) is 55.7 Å². The van der Waals surface area contributed by atoms with Crippen molar-refractivity contribution in [1.29, 1.82) is 0 Å². The normalized spacial score (nSPS) is 14.5. The molecule has 0 aliphatic carbocycles. The quantitative estimate of drug-likeness (QED) is 0.682. The Kier molecular flexibility index (Phi) is 5.76. The molecule has 1 aromatic heterocycles. The van der Waals surface area contributed by atoms with E-state index in [-0.39, 0.29) is 5.91 Å². The van der Waals surface area contributed by atoms with Crippen LogP contribution in [0.3, 0.4) is 0 Å². The first kappa shape index (κ1) is 19.7. The lowest BCUT2D eigenvalue weighted by molar-refractivity contribution is 0.0628. The number of primary amides is 1. The van der Waals surface area contributed by atoms with E-state index in [1.807, 2.05) is 46.1 Å². The number of hydrogen-bond donors (Lipinski definition) is 2. The van der Waals surface area contributed by atoms with E-state index < -0.39 is 6.03 Å². The summed E-state index contributed by atoms with van der Waals surface area (Å²) in [5.74, 6) is -0.00262. The number of urea groups is 1. The smallest absolute Gasteiger partial charge is 0.316 e. The molecule has 30 heavy (non-hydrogen) atoms. The molecular weight excluding hydrogens is 380 g/mol. The number of aromatic nitrogens is 2. The Labute approximate surface area is 174 Å². The minimum atomic E-state index is -0.625. The maximum atomic E-state index is 12.7. The average molecular weight is 404 g/mol. The zero-order valence-electron chi connectivity index (χ0n) is 16.6. The van der Waals surface area contributed by atoms with Crippen LogP contribution in [-0.4, -0.2) is 57.7 Å². The molecular formula is C22H24N6O2. The summed E-state index contributed by atoms with van der Waals surface area (Å²) in [5.41, 5.74) is 8.46. The highest BCUT2D eigenvalue weighted by Crippen LogP contribution is 2.15. The van der Waals surface area contributed by atoms with Gasteiger partial charge in [-0.25, -0.2) is 9.48 Å². The van der Waals surface area contributed by atoms with Crippen LogP contribution >= 0.6 is 0 Å². The maximum absolute atomic E-state index is 12.7. The first-order chi connectivity index (χ1) is 14.6. The molecule has 8 heteroatoms. The molecule has 154 valence electrons.